The third kappa shape index (κ3) is 6.29. The first-order valence-electron chi connectivity index (χ1n) is 25.8. The molecule has 6 heteroatoms. The minimum atomic E-state index is 0.0189. The van der Waals surface area contributed by atoms with Crippen LogP contribution in [0.3, 0.4) is 0 Å². The highest BCUT2D eigenvalue weighted by Crippen LogP contribution is 2.55. The average molecular weight is 943 g/mol. The number of fused-ring (bicyclic) bond motifs is 14. The molecule has 3 aromatic heterocycles. The SMILES string of the molecule is Cc1cc2c(cc1N1c3c(sc4cc5c(cc34)C(C)(C)CCC5(C)C)Bc3c(-c4cc5ccccc5cc4Nc4cccc5c4oc4ccccc45)cc4c(oc5ccccc54)c31)C(C)(C)CCC2(C)C. The molecule has 8 aromatic carbocycles. The molecule has 4 nitrogen and oxygen atoms in total. The molecule has 0 spiro atoms. The maximum Gasteiger partial charge on any atom is 0.211 e. The van der Waals surface area contributed by atoms with Crippen molar-refractivity contribution >= 4 is 122 Å². The van der Waals surface area contributed by atoms with Crippen molar-refractivity contribution in [3.63, 3.8) is 0 Å². The second-order valence-corrected chi connectivity index (χ2v) is 25.0. The van der Waals surface area contributed by atoms with Gasteiger partial charge in [-0.25, -0.2) is 0 Å². The second kappa shape index (κ2) is 14.7. The minimum Gasteiger partial charge on any atom is -0.454 e. The minimum absolute atomic E-state index is 0.0189. The largest absolute Gasteiger partial charge is 0.454 e. The number of benzene rings is 8. The van der Waals surface area contributed by atoms with Crippen LogP contribution in [0.2, 0.25) is 0 Å². The van der Waals surface area contributed by atoms with E-state index in [1.165, 1.54) is 95.1 Å². The van der Waals surface area contributed by atoms with Crippen LogP contribution in [0.5, 0.6) is 0 Å². The molecule has 14 rings (SSSR count). The number of nitrogens with zero attached hydrogens (tertiary/aromatic N) is 1. The number of furan rings is 2. The van der Waals surface area contributed by atoms with Gasteiger partial charge in [0.2, 0.25) is 7.28 Å². The first kappa shape index (κ1) is 43.1. The first-order chi connectivity index (χ1) is 34.0. The molecule has 0 saturated carbocycles. The smallest absolute Gasteiger partial charge is 0.211 e. The Hall–Kier alpha value is -6.76. The molecular formula is C65H59BN2O2S. The fourth-order valence-electron chi connectivity index (χ4n) is 13.1. The van der Waals surface area contributed by atoms with Crippen LogP contribution in [0.1, 0.15) is 109 Å². The van der Waals surface area contributed by atoms with Crippen LogP contribution in [-0.2, 0) is 21.7 Å². The number of hydrogen-bond donors (Lipinski definition) is 1. The maximum absolute atomic E-state index is 7.28. The molecule has 3 aliphatic rings. The van der Waals surface area contributed by atoms with Crippen LogP contribution in [0.4, 0.5) is 28.4 Å². The average Bonchev–Trinajstić information content (AvgIpc) is 4.05. The Morgan fingerprint density at radius 2 is 1.06 bits per heavy atom. The van der Waals surface area contributed by atoms with E-state index in [9.17, 15) is 0 Å². The monoisotopic (exact) mass is 942 g/mol. The van der Waals surface area contributed by atoms with Gasteiger partial charge in [-0.05, 0) is 163 Å². The molecule has 0 atom stereocenters. The van der Waals surface area contributed by atoms with E-state index in [4.69, 9.17) is 8.83 Å². The summed E-state index contributed by atoms with van der Waals surface area (Å²) in [6.45, 7) is 22.0. The number of aryl methyl sites for hydroxylation is 1. The van der Waals surface area contributed by atoms with Gasteiger partial charge in [0, 0.05) is 48.6 Å². The highest BCUT2D eigenvalue weighted by molar-refractivity contribution is 7.29. The van der Waals surface area contributed by atoms with Gasteiger partial charge >= 0.3 is 0 Å². The summed E-state index contributed by atoms with van der Waals surface area (Å²) in [6.07, 6.45) is 4.67. The zero-order valence-electron chi connectivity index (χ0n) is 42.4. The molecule has 0 unspecified atom stereocenters. The summed E-state index contributed by atoms with van der Waals surface area (Å²) in [6, 6.07) is 49.8. The number of anilines is 5. The summed E-state index contributed by atoms with van der Waals surface area (Å²) < 4.78 is 16.7. The molecule has 2 aliphatic carbocycles. The molecule has 1 aliphatic heterocycles. The van der Waals surface area contributed by atoms with Crippen molar-refractivity contribution in [1.82, 2.24) is 0 Å². The van der Waals surface area contributed by atoms with E-state index in [-0.39, 0.29) is 21.7 Å². The van der Waals surface area contributed by atoms with E-state index in [0.717, 1.165) is 80.2 Å². The summed E-state index contributed by atoms with van der Waals surface area (Å²) in [5.74, 6) is 0. The van der Waals surface area contributed by atoms with Crippen LogP contribution >= 0.6 is 11.3 Å². The molecule has 0 saturated heterocycles. The van der Waals surface area contributed by atoms with Gasteiger partial charge in [-0.3, -0.25) is 0 Å². The fraction of sp³-hybridized carbons (Fsp3) is 0.262. The Balaban J connectivity index is 1.10. The highest BCUT2D eigenvalue weighted by atomic mass is 32.1. The van der Waals surface area contributed by atoms with Gasteiger partial charge in [-0.15, -0.1) is 11.3 Å². The fourth-order valence-corrected chi connectivity index (χ4v) is 14.3. The lowest BCUT2D eigenvalue weighted by atomic mass is 9.61. The van der Waals surface area contributed by atoms with Crippen molar-refractivity contribution in [2.45, 2.75) is 110 Å². The van der Waals surface area contributed by atoms with Crippen LogP contribution in [-0.4, -0.2) is 7.28 Å². The summed E-state index contributed by atoms with van der Waals surface area (Å²) in [4.78, 5) is 2.69. The molecule has 350 valence electrons. The molecular weight excluding hydrogens is 884 g/mol. The second-order valence-electron chi connectivity index (χ2n) is 23.9. The third-order valence-corrected chi connectivity index (χ3v) is 18.6. The highest BCUT2D eigenvalue weighted by Gasteiger charge is 2.42. The number of thiophene rings is 1. The standard InChI is InChI=1S/C65H59BN2O2S/c1-36-29-46-48(64(6,7)27-25-62(46,2)3)34-52(36)68-57-45-33-47-49(65(8,9)28-26-63(47,4)5)35-55(45)71-61(57)66-56-43(32-44-40-20-13-15-24-54(40)70-60(44)58(56)68)42-30-37-17-10-11-18-38(37)31-51(42)67-50-22-16-21-41-39-19-12-14-23-53(39)69-59(41)50/h10-24,29-35,66-67H,25-28H2,1-9H3. The lowest BCUT2D eigenvalue weighted by molar-refractivity contribution is 0.332. The van der Waals surface area contributed by atoms with Crippen LogP contribution in [0.15, 0.2) is 142 Å². The Morgan fingerprint density at radius 1 is 0.493 bits per heavy atom. The van der Waals surface area contributed by atoms with Crippen molar-refractivity contribution in [1.29, 1.82) is 0 Å². The van der Waals surface area contributed by atoms with Crippen LogP contribution < -0.4 is 20.5 Å². The van der Waals surface area contributed by atoms with Crippen molar-refractivity contribution in [2.75, 3.05) is 10.2 Å². The topological polar surface area (TPSA) is 41.5 Å². The molecule has 0 bridgehead atoms. The quantitative estimate of drug-likeness (QED) is 0.179. The van der Waals surface area contributed by atoms with Gasteiger partial charge in [0.05, 0.1) is 17.1 Å². The molecule has 0 amide bonds. The van der Waals surface area contributed by atoms with Crippen molar-refractivity contribution < 1.29 is 8.83 Å². The van der Waals surface area contributed by atoms with Gasteiger partial charge < -0.3 is 19.1 Å². The van der Waals surface area contributed by atoms with E-state index in [1.807, 2.05) is 17.4 Å². The van der Waals surface area contributed by atoms with E-state index in [2.05, 4.69) is 200 Å². The Bertz CT molecular complexity index is 4100. The number of rotatable bonds is 4. The lowest BCUT2D eigenvalue weighted by Gasteiger charge is -2.43. The zero-order valence-corrected chi connectivity index (χ0v) is 43.2. The Kier molecular flexibility index (Phi) is 8.90. The van der Waals surface area contributed by atoms with Gasteiger partial charge in [0.25, 0.3) is 0 Å². The summed E-state index contributed by atoms with van der Waals surface area (Å²) in [5, 5.41) is 12.2. The number of hydrogen-bond acceptors (Lipinski definition) is 5. The molecule has 4 heterocycles. The van der Waals surface area contributed by atoms with Crippen LogP contribution in [0, 0.1) is 6.92 Å². The van der Waals surface area contributed by atoms with Crippen molar-refractivity contribution in [3.8, 4) is 11.1 Å². The van der Waals surface area contributed by atoms with Crippen molar-refractivity contribution in [3.05, 3.63) is 161 Å². The number of para-hydroxylation sites is 3. The number of nitrogens with one attached hydrogen (secondary N) is 1. The summed E-state index contributed by atoms with van der Waals surface area (Å²) in [5.41, 5.74) is 20.4. The van der Waals surface area contributed by atoms with Gasteiger partial charge in [-0.1, -0.05) is 134 Å². The van der Waals surface area contributed by atoms with Gasteiger partial charge in [0.1, 0.15) is 11.2 Å². The molecule has 0 radical (unpaired) electrons. The molecule has 11 aromatic rings. The Morgan fingerprint density at radius 3 is 1.75 bits per heavy atom. The normalized spacial score (nSPS) is 17.4. The zero-order chi connectivity index (χ0) is 48.5. The van der Waals surface area contributed by atoms with E-state index >= 15 is 0 Å². The molecule has 1 N–H and O–H groups in total. The van der Waals surface area contributed by atoms with E-state index in [0.29, 0.717) is 0 Å². The summed E-state index contributed by atoms with van der Waals surface area (Å²) >= 11 is 2.00. The predicted octanol–water partition coefficient (Wildman–Crippen LogP) is 17.4. The van der Waals surface area contributed by atoms with Gasteiger partial charge in [0.15, 0.2) is 11.2 Å². The third-order valence-electron chi connectivity index (χ3n) is 17.5. The molecule has 0 fully saturated rings. The van der Waals surface area contributed by atoms with Crippen LogP contribution in [0.25, 0.3) is 75.9 Å². The lowest BCUT2D eigenvalue weighted by Crippen LogP contribution is -2.40. The summed E-state index contributed by atoms with van der Waals surface area (Å²) in [7, 11) is 0.772. The van der Waals surface area contributed by atoms with Gasteiger partial charge in [-0.2, -0.15) is 0 Å². The maximum atomic E-state index is 7.28. The van der Waals surface area contributed by atoms with E-state index < -0.39 is 0 Å². The molecule has 71 heavy (non-hydrogen) atoms. The first-order valence-corrected chi connectivity index (χ1v) is 26.6. The Labute approximate surface area is 420 Å². The van der Waals surface area contributed by atoms with E-state index in [1.54, 1.807) is 0 Å². The van der Waals surface area contributed by atoms with Crippen molar-refractivity contribution in [2.24, 2.45) is 0 Å². The predicted molar refractivity (Wildman–Crippen MR) is 305 cm³/mol.